The molecule has 0 atom stereocenters. The van der Waals surface area contributed by atoms with E-state index in [0.29, 0.717) is 29.7 Å². The number of carbonyl (C=O) groups is 1. The number of ether oxygens (including phenoxy) is 2. The van der Waals surface area contributed by atoms with Crippen LogP contribution in [0.15, 0.2) is 48.5 Å². The molecule has 1 aliphatic heterocycles. The van der Waals surface area contributed by atoms with Crippen molar-refractivity contribution >= 4 is 17.4 Å². The number of hydrogen-bond acceptors (Lipinski definition) is 6. The Morgan fingerprint density at radius 1 is 1.11 bits per heavy atom. The number of para-hydroxylation sites is 1. The van der Waals surface area contributed by atoms with Gasteiger partial charge >= 0.3 is 0 Å². The predicted octanol–water partition coefficient (Wildman–Crippen LogP) is 3.52. The second kappa shape index (κ2) is 7.51. The predicted molar refractivity (Wildman–Crippen MR) is 101 cm³/mol. The fraction of sp³-hybridized carbons (Fsp3) is 0.150. The number of hydrogen-bond donors (Lipinski definition) is 2. The molecule has 2 N–H and O–H groups in total. The molecular formula is C20H17FN4O3. The van der Waals surface area contributed by atoms with Crippen molar-refractivity contribution in [1.82, 2.24) is 9.97 Å². The fourth-order valence-corrected chi connectivity index (χ4v) is 2.77. The lowest BCUT2D eigenvalue weighted by atomic mass is 10.2. The van der Waals surface area contributed by atoms with Crippen LogP contribution in [0.2, 0.25) is 0 Å². The smallest absolute Gasteiger partial charge is 0.274 e. The van der Waals surface area contributed by atoms with Crippen LogP contribution < -0.4 is 20.1 Å². The summed E-state index contributed by atoms with van der Waals surface area (Å²) in [5.41, 5.74) is 1.21. The largest absolute Gasteiger partial charge is 0.454 e. The van der Waals surface area contributed by atoms with E-state index >= 15 is 0 Å². The average molecular weight is 380 g/mol. The van der Waals surface area contributed by atoms with Crippen LogP contribution in [0.5, 0.6) is 11.5 Å². The second-order valence-corrected chi connectivity index (χ2v) is 6.16. The van der Waals surface area contributed by atoms with E-state index in [4.69, 9.17) is 9.47 Å². The zero-order chi connectivity index (χ0) is 19.5. The normalized spacial score (nSPS) is 11.9. The van der Waals surface area contributed by atoms with Gasteiger partial charge in [-0.25, -0.2) is 14.4 Å². The molecule has 8 heteroatoms. The topological polar surface area (TPSA) is 85.4 Å². The number of amides is 1. The summed E-state index contributed by atoms with van der Waals surface area (Å²) in [6.07, 6.45) is 0. The van der Waals surface area contributed by atoms with Crippen LogP contribution in [0, 0.1) is 12.7 Å². The number of anilines is 2. The minimum absolute atomic E-state index is 0.0960. The van der Waals surface area contributed by atoms with Gasteiger partial charge in [0.1, 0.15) is 23.2 Å². The van der Waals surface area contributed by atoms with Crippen LogP contribution in [-0.2, 0) is 6.54 Å². The second-order valence-electron chi connectivity index (χ2n) is 6.16. The Kier molecular flexibility index (Phi) is 4.76. The number of rotatable bonds is 5. The van der Waals surface area contributed by atoms with Crippen LogP contribution in [0.25, 0.3) is 0 Å². The van der Waals surface area contributed by atoms with E-state index in [1.165, 1.54) is 18.2 Å². The van der Waals surface area contributed by atoms with Gasteiger partial charge in [0, 0.05) is 12.6 Å². The van der Waals surface area contributed by atoms with Crippen LogP contribution in [0.1, 0.15) is 21.9 Å². The molecule has 2 aromatic carbocycles. The molecule has 0 aliphatic carbocycles. The van der Waals surface area contributed by atoms with Gasteiger partial charge in [0.15, 0.2) is 11.5 Å². The molecule has 1 aromatic heterocycles. The van der Waals surface area contributed by atoms with Crippen molar-refractivity contribution in [2.75, 3.05) is 17.4 Å². The molecule has 3 aromatic rings. The summed E-state index contributed by atoms with van der Waals surface area (Å²) in [5, 5.41) is 5.68. The number of benzene rings is 2. The number of aryl methyl sites for hydroxylation is 1. The van der Waals surface area contributed by atoms with E-state index in [9.17, 15) is 9.18 Å². The number of carbonyl (C=O) groups excluding carboxylic acids is 1. The zero-order valence-electron chi connectivity index (χ0n) is 15.0. The molecule has 28 heavy (non-hydrogen) atoms. The Morgan fingerprint density at radius 3 is 2.79 bits per heavy atom. The molecule has 0 bridgehead atoms. The van der Waals surface area contributed by atoms with Crippen molar-refractivity contribution in [3.05, 3.63) is 71.4 Å². The van der Waals surface area contributed by atoms with Crippen LogP contribution >= 0.6 is 0 Å². The highest BCUT2D eigenvalue weighted by atomic mass is 19.1. The first kappa shape index (κ1) is 17.7. The van der Waals surface area contributed by atoms with Gasteiger partial charge in [-0.1, -0.05) is 18.2 Å². The number of fused-ring (bicyclic) bond motifs is 1. The van der Waals surface area contributed by atoms with Gasteiger partial charge in [0.2, 0.25) is 6.79 Å². The summed E-state index contributed by atoms with van der Waals surface area (Å²) in [4.78, 5) is 20.9. The maximum absolute atomic E-state index is 13.7. The number of nitrogens with zero attached hydrogens (tertiary/aromatic N) is 2. The van der Waals surface area contributed by atoms with E-state index in [1.807, 2.05) is 18.2 Å². The van der Waals surface area contributed by atoms with Gasteiger partial charge in [0.25, 0.3) is 5.91 Å². The molecule has 0 unspecified atom stereocenters. The monoisotopic (exact) mass is 380 g/mol. The van der Waals surface area contributed by atoms with E-state index in [1.54, 1.807) is 19.1 Å². The van der Waals surface area contributed by atoms with Crippen LogP contribution in [0.3, 0.4) is 0 Å². The summed E-state index contributed by atoms with van der Waals surface area (Å²) in [6.45, 7) is 2.38. The summed E-state index contributed by atoms with van der Waals surface area (Å²) in [5.74, 6) is 1.31. The van der Waals surface area contributed by atoms with Crippen molar-refractivity contribution in [2.24, 2.45) is 0 Å². The lowest BCUT2D eigenvalue weighted by Gasteiger charge is -2.10. The van der Waals surface area contributed by atoms with Crippen LogP contribution in [0.4, 0.5) is 15.9 Å². The van der Waals surface area contributed by atoms with Crippen molar-refractivity contribution in [3.63, 3.8) is 0 Å². The molecule has 2 heterocycles. The molecular weight excluding hydrogens is 363 g/mol. The Hall–Kier alpha value is -3.68. The Bertz CT molecular complexity index is 1040. The molecule has 0 radical (unpaired) electrons. The Morgan fingerprint density at radius 2 is 1.93 bits per heavy atom. The first-order chi connectivity index (χ1) is 13.6. The minimum Gasteiger partial charge on any atom is -0.454 e. The first-order valence-electron chi connectivity index (χ1n) is 8.62. The molecule has 0 saturated carbocycles. The van der Waals surface area contributed by atoms with Crippen molar-refractivity contribution in [3.8, 4) is 11.5 Å². The Balaban J connectivity index is 1.47. The standard InChI is InChI=1S/C20H17FN4O3/c1-12-23-16(20(26)25-15-5-3-2-4-14(15)21)9-19(24-12)22-10-13-6-7-17-18(8-13)28-11-27-17/h2-9H,10-11H2,1H3,(H,25,26)(H,22,23,24). The molecule has 1 aliphatic rings. The van der Waals surface area contributed by atoms with Crippen LogP contribution in [-0.4, -0.2) is 22.7 Å². The number of aromatic nitrogens is 2. The lowest BCUT2D eigenvalue weighted by Crippen LogP contribution is -2.16. The van der Waals surface area contributed by atoms with E-state index < -0.39 is 11.7 Å². The van der Waals surface area contributed by atoms with Gasteiger partial charge in [-0.15, -0.1) is 0 Å². The van der Waals surface area contributed by atoms with Crippen molar-refractivity contribution in [2.45, 2.75) is 13.5 Å². The molecule has 7 nitrogen and oxygen atoms in total. The third-order valence-electron chi connectivity index (χ3n) is 4.10. The SMILES string of the molecule is Cc1nc(NCc2ccc3c(c2)OCO3)cc(C(=O)Nc2ccccc2F)n1. The first-order valence-corrected chi connectivity index (χ1v) is 8.62. The van der Waals surface area contributed by atoms with Gasteiger partial charge in [-0.3, -0.25) is 4.79 Å². The quantitative estimate of drug-likeness (QED) is 0.705. The summed E-state index contributed by atoms with van der Waals surface area (Å²) in [6, 6.07) is 13.1. The molecule has 4 rings (SSSR count). The molecule has 0 saturated heterocycles. The average Bonchev–Trinajstić information content (AvgIpc) is 3.15. The summed E-state index contributed by atoms with van der Waals surface area (Å²) >= 11 is 0. The van der Waals surface area contributed by atoms with E-state index in [2.05, 4.69) is 20.6 Å². The highest BCUT2D eigenvalue weighted by Gasteiger charge is 2.15. The fourth-order valence-electron chi connectivity index (χ4n) is 2.77. The molecule has 0 fully saturated rings. The highest BCUT2D eigenvalue weighted by molar-refractivity contribution is 6.03. The van der Waals surface area contributed by atoms with Gasteiger partial charge in [0.05, 0.1) is 5.69 Å². The van der Waals surface area contributed by atoms with E-state index in [-0.39, 0.29) is 18.2 Å². The molecule has 0 spiro atoms. The van der Waals surface area contributed by atoms with Gasteiger partial charge in [-0.05, 0) is 36.8 Å². The molecule has 142 valence electrons. The Labute approximate surface area is 160 Å². The van der Waals surface area contributed by atoms with Crippen molar-refractivity contribution < 1.29 is 18.7 Å². The van der Waals surface area contributed by atoms with Gasteiger partial charge < -0.3 is 20.1 Å². The number of halogens is 1. The summed E-state index contributed by atoms with van der Waals surface area (Å²) in [7, 11) is 0. The summed E-state index contributed by atoms with van der Waals surface area (Å²) < 4.78 is 24.4. The zero-order valence-corrected chi connectivity index (χ0v) is 15.0. The van der Waals surface area contributed by atoms with Crippen molar-refractivity contribution in [1.29, 1.82) is 0 Å². The minimum atomic E-state index is -0.512. The third-order valence-corrected chi connectivity index (χ3v) is 4.10. The lowest BCUT2D eigenvalue weighted by molar-refractivity contribution is 0.102. The molecule has 1 amide bonds. The maximum Gasteiger partial charge on any atom is 0.274 e. The number of nitrogens with one attached hydrogen (secondary N) is 2. The van der Waals surface area contributed by atoms with E-state index in [0.717, 1.165) is 5.56 Å². The van der Waals surface area contributed by atoms with Gasteiger partial charge in [-0.2, -0.15) is 0 Å². The highest BCUT2D eigenvalue weighted by Crippen LogP contribution is 2.32. The maximum atomic E-state index is 13.7. The third kappa shape index (κ3) is 3.85.